The van der Waals surface area contributed by atoms with Gasteiger partial charge in [0.15, 0.2) is 0 Å². The van der Waals surface area contributed by atoms with Crippen LogP contribution in [0.2, 0.25) is 0 Å². The summed E-state index contributed by atoms with van der Waals surface area (Å²) >= 11 is 1.86. The minimum atomic E-state index is 0.347. The summed E-state index contributed by atoms with van der Waals surface area (Å²) in [5.41, 5.74) is 9.72. The second kappa shape index (κ2) is 10.5. The van der Waals surface area contributed by atoms with E-state index in [2.05, 4.69) is 112 Å². The number of thiophene rings is 1. The zero-order valence-corrected chi connectivity index (χ0v) is 25.5. The van der Waals surface area contributed by atoms with Gasteiger partial charge >= 0.3 is 0 Å². The molecule has 6 aromatic carbocycles. The molecule has 1 nitrogen and oxygen atoms in total. The first kappa shape index (κ1) is 27.1. The number of fused-ring (bicyclic) bond motifs is 5. The summed E-state index contributed by atoms with van der Waals surface area (Å²) in [5, 5.41) is 18.4. The largest absolute Gasteiger partial charge is 0.509 e. The third-order valence-corrected chi connectivity index (χ3v) is 10.1. The topological polar surface area (TPSA) is 20.2 Å². The molecule has 7 aromatic rings. The van der Waals surface area contributed by atoms with Crippen molar-refractivity contribution in [1.29, 1.82) is 0 Å². The van der Waals surface area contributed by atoms with E-state index in [1.165, 1.54) is 53.2 Å². The van der Waals surface area contributed by atoms with Crippen molar-refractivity contribution in [2.45, 2.75) is 0 Å². The van der Waals surface area contributed by atoms with Gasteiger partial charge in [0.2, 0.25) is 0 Å². The zero-order chi connectivity index (χ0) is 29.8. The number of phenolic OH excluding ortho intramolecular Hbond substituents is 1. The van der Waals surface area contributed by atoms with E-state index in [1.807, 2.05) is 39.2 Å². The predicted octanol–water partition coefficient (Wildman–Crippen LogP) is 5.93. The Bertz CT molecular complexity index is 2310. The van der Waals surface area contributed by atoms with E-state index < -0.39 is 0 Å². The lowest BCUT2D eigenvalue weighted by atomic mass is 9.68. The van der Waals surface area contributed by atoms with E-state index in [0.717, 1.165) is 38.3 Å². The van der Waals surface area contributed by atoms with Crippen LogP contribution in [0.1, 0.15) is 5.56 Å². The van der Waals surface area contributed by atoms with Gasteiger partial charge in [-0.3, -0.25) is 0 Å². The summed E-state index contributed by atoms with van der Waals surface area (Å²) in [6.07, 6.45) is 5.71. The highest BCUT2D eigenvalue weighted by molar-refractivity contribution is 7.26. The average molecular weight is 566 g/mol. The van der Waals surface area contributed by atoms with Crippen LogP contribution in [0.15, 0.2) is 122 Å². The second-order valence-corrected chi connectivity index (χ2v) is 12.3. The molecule has 0 amide bonds. The van der Waals surface area contributed by atoms with Gasteiger partial charge < -0.3 is 5.11 Å². The molecule has 0 aliphatic heterocycles. The van der Waals surface area contributed by atoms with Crippen LogP contribution in [-0.2, 0) is 0 Å². The molecule has 7 rings (SSSR count). The number of allylic oxidation sites excluding steroid dienone is 4. The van der Waals surface area contributed by atoms with Gasteiger partial charge in [-0.25, -0.2) is 0 Å². The number of benzene rings is 6. The van der Waals surface area contributed by atoms with Crippen LogP contribution >= 0.6 is 11.3 Å². The molecule has 202 valence electrons. The number of phenols is 1. The maximum absolute atomic E-state index is 11.4. The first-order valence-corrected chi connectivity index (χ1v) is 15.4. The van der Waals surface area contributed by atoms with E-state index in [9.17, 15) is 5.11 Å². The zero-order valence-electron chi connectivity index (χ0n) is 24.7. The molecule has 0 radical (unpaired) electrons. The molecule has 0 saturated carbocycles. The average Bonchev–Trinajstić information content (AvgIpc) is 3.44. The monoisotopic (exact) mass is 566 g/mol. The van der Waals surface area contributed by atoms with Crippen molar-refractivity contribution >= 4 is 98.6 Å². The van der Waals surface area contributed by atoms with Crippen LogP contribution in [0, 0.1) is 0 Å². The van der Waals surface area contributed by atoms with Crippen molar-refractivity contribution in [3.63, 3.8) is 0 Å². The third kappa shape index (κ3) is 4.11. The summed E-state index contributed by atoms with van der Waals surface area (Å²) in [6.45, 7) is 8.36. The Labute approximate surface area is 258 Å². The molecule has 1 heterocycles. The summed E-state index contributed by atoms with van der Waals surface area (Å²) in [4.78, 5) is 0. The fourth-order valence-corrected chi connectivity index (χ4v) is 8.00. The molecule has 0 spiro atoms. The van der Waals surface area contributed by atoms with Crippen molar-refractivity contribution < 1.29 is 5.11 Å². The molecule has 0 aliphatic rings. The molecule has 0 aliphatic carbocycles. The first-order chi connectivity index (χ1) is 20.9. The molecule has 0 fully saturated rings. The summed E-state index contributed by atoms with van der Waals surface area (Å²) in [7, 11) is 6.19. The van der Waals surface area contributed by atoms with Crippen LogP contribution in [0.5, 0.6) is 5.75 Å². The van der Waals surface area contributed by atoms with E-state index in [-0.39, 0.29) is 0 Å². The fraction of sp³-hybridized carbons (Fsp3) is 0. The lowest BCUT2D eigenvalue weighted by molar-refractivity contribution is 0.485. The van der Waals surface area contributed by atoms with E-state index in [0.29, 0.717) is 5.75 Å². The van der Waals surface area contributed by atoms with Gasteiger partial charge in [-0.1, -0.05) is 127 Å². The minimum Gasteiger partial charge on any atom is -0.509 e. The maximum atomic E-state index is 11.4. The van der Waals surface area contributed by atoms with Gasteiger partial charge in [0.25, 0.3) is 0 Å². The number of aromatic hydroxyl groups is 1. The van der Waals surface area contributed by atoms with Gasteiger partial charge in [0.1, 0.15) is 29.3 Å². The van der Waals surface area contributed by atoms with Crippen LogP contribution < -0.4 is 16.4 Å². The Kier molecular flexibility index (Phi) is 6.64. The van der Waals surface area contributed by atoms with E-state index in [4.69, 9.17) is 0 Å². The number of rotatable bonds is 5. The molecule has 1 N–H and O–H groups in total. The maximum Gasteiger partial charge on any atom is 0.145 e. The van der Waals surface area contributed by atoms with Gasteiger partial charge in [0, 0.05) is 20.2 Å². The minimum absolute atomic E-state index is 0.347. The molecule has 5 heteroatoms. The molecule has 1 aromatic heterocycles. The number of hydrogen-bond acceptors (Lipinski definition) is 2. The van der Waals surface area contributed by atoms with Gasteiger partial charge in [-0.05, 0) is 66.5 Å². The highest BCUT2D eigenvalue weighted by atomic mass is 32.1. The molecule has 43 heavy (non-hydrogen) atoms. The first-order valence-electron chi connectivity index (χ1n) is 14.6. The Balaban J connectivity index is 1.70. The molecule has 0 unspecified atom stereocenters. The third-order valence-electron chi connectivity index (χ3n) is 8.87. The van der Waals surface area contributed by atoms with Gasteiger partial charge in [0.05, 0.1) is 0 Å². The number of hydrogen-bond donors (Lipinski definition) is 1. The highest BCUT2D eigenvalue weighted by Crippen LogP contribution is 2.47. The Morgan fingerprint density at radius 1 is 0.674 bits per heavy atom. The van der Waals surface area contributed by atoms with Crippen LogP contribution in [0.4, 0.5) is 0 Å². The van der Waals surface area contributed by atoms with Crippen molar-refractivity contribution in [3.05, 3.63) is 128 Å². The van der Waals surface area contributed by atoms with E-state index in [1.54, 1.807) is 6.08 Å². The summed E-state index contributed by atoms with van der Waals surface area (Å²) in [5.74, 6) is 0.347. The Hall–Kier alpha value is -4.73. The van der Waals surface area contributed by atoms with Crippen molar-refractivity contribution in [2.75, 3.05) is 0 Å². The van der Waals surface area contributed by atoms with E-state index >= 15 is 0 Å². The van der Waals surface area contributed by atoms with Crippen molar-refractivity contribution in [1.82, 2.24) is 0 Å². The molecule has 0 atom stereocenters. The highest BCUT2D eigenvalue weighted by Gasteiger charge is 2.24. The molecule has 0 saturated heterocycles. The van der Waals surface area contributed by atoms with Crippen LogP contribution in [0.25, 0.3) is 69.5 Å². The quantitative estimate of drug-likeness (QED) is 0.156. The summed E-state index contributed by atoms with van der Waals surface area (Å²) in [6, 6.07) is 32.7. The Morgan fingerprint density at radius 2 is 1.35 bits per heavy atom. The molecular weight excluding hydrogens is 537 g/mol. The Morgan fingerprint density at radius 3 is 2.12 bits per heavy atom. The normalized spacial score (nSPS) is 11.7. The fourth-order valence-electron chi connectivity index (χ4n) is 6.74. The van der Waals surface area contributed by atoms with Crippen molar-refractivity contribution in [2.24, 2.45) is 0 Å². The SMILES string of the molecule is Bc1c(O)c(B)c2c(C(=C)/C=C\C=C)c3ccccc3c(-c3cccc4sc5c(-c6ccccc6)cccc5c34)c2c1B. The van der Waals surface area contributed by atoms with Crippen LogP contribution in [0.3, 0.4) is 0 Å². The predicted molar refractivity (Wildman–Crippen MR) is 200 cm³/mol. The van der Waals surface area contributed by atoms with Gasteiger partial charge in [-0.2, -0.15) is 0 Å². The smallest absolute Gasteiger partial charge is 0.145 e. The standard InChI is InChI=1S/C38H29B3OS/c1-3-4-12-21(2)29-24-15-8-9-16-25(24)31(33-32(29)35(40)37(42)36(41)34(33)39)26-18-11-20-28-30(26)27-19-10-17-23(38(27)43-28)22-13-6-5-7-14-22/h3-20,42H,1-2,39-41H2/b12-4-. The molecular formula is C38H29B3OS. The van der Waals surface area contributed by atoms with Crippen LogP contribution in [-0.4, -0.2) is 28.6 Å². The summed E-state index contributed by atoms with van der Waals surface area (Å²) < 4.78 is 2.56. The second-order valence-electron chi connectivity index (χ2n) is 11.2. The van der Waals surface area contributed by atoms with Crippen molar-refractivity contribution in [3.8, 4) is 28.0 Å². The molecule has 0 bridgehead atoms. The lowest BCUT2D eigenvalue weighted by Crippen LogP contribution is -2.32. The van der Waals surface area contributed by atoms with Gasteiger partial charge in [-0.15, -0.1) is 11.3 Å². The lowest BCUT2D eigenvalue weighted by Gasteiger charge is -2.24.